The van der Waals surface area contributed by atoms with E-state index in [9.17, 15) is 4.39 Å². The van der Waals surface area contributed by atoms with Gasteiger partial charge in [0.1, 0.15) is 11.6 Å². The van der Waals surface area contributed by atoms with Crippen molar-refractivity contribution in [2.75, 3.05) is 0 Å². The predicted molar refractivity (Wildman–Crippen MR) is 65.0 cm³/mol. The van der Waals surface area contributed by atoms with E-state index in [-0.39, 0.29) is 5.82 Å². The van der Waals surface area contributed by atoms with Gasteiger partial charge in [0.15, 0.2) is 0 Å². The molecule has 0 N–H and O–H groups in total. The summed E-state index contributed by atoms with van der Waals surface area (Å²) in [4.78, 5) is 4.24. The SMILES string of the molecule is Cc1nc(Oc2cccc(F)c2)ccc1CCl. The maximum absolute atomic E-state index is 13.0. The van der Waals surface area contributed by atoms with Crippen molar-refractivity contribution in [3.05, 3.63) is 53.5 Å². The molecule has 0 amide bonds. The lowest BCUT2D eigenvalue weighted by molar-refractivity contribution is 0.456. The van der Waals surface area contributed by atoms with Gasteiger partial charge in [-0.25, -0.2) is 9.37 Å². The molecule has 0 aliphatic carbocycles. The van der Waals surface area contributed by atoms with Crippen molar-refractivity contribution in [3.8, 4) is 11.6 Å². The molecule has 0 aliphatic heterocycles. The van der Waals surface area contributed by atoms with Crippen molar-refractivity contribution < 1.29 is 9.13 Å². The van der Waals surface area contributed by atoms with E-state index < -0.39 is 0 Å². The Balaban J connectivity index is 2.22. The van der Waals surface area contributed by atoms with Gasteiger partial charge in [-0.05, 0) is 24.6 Å². The fourth-order valence-electron chi connectivity index (χ4n) is 1.42. The maximum atomic E-state index is 13.0. The number of ether oxygens (including phenoxy) is 1. The summed E-state index contributed by atoms with van der Waals surface area (Å²) < 4.78 is 18.4. The molecule has 0 saturated carbocycles. The summed E-state index contributed by atoms with van der Waals surface area (Å²) in [6, 6.07) is 9.51. The fraction of sp³-hybridized carbons (Fsp3) is 0.154. The fourth-order valence-corrected chi connectivity index (χ4v) is 1.70. The molecule has 4 heteroatoms. The van der Waals surface area contributed by atoms with Crippen molar-refractivity contribution in [2.24, 2.45) is 0 Å². The first-order valence-corrected chi connectivity index (χ1v) is 5.68. The number of nitrogens with zero attached hydrogens (tertiary/aromatic N) is 1. The van der Waals surface area contributed by atoms with Gasteiger partial charge in [0.05, 0.1) is 0 Å². The summed E-state index contributed by atoms with van der Waals surface area (Å²) >= 11 is 5.74. The van der Waals surface area contributed by atoms with Crippen LogP contribution in [0.15, 0.2) is 36.4 Å². The number of rotatable bonds is 3. The van der Waals surface area contributed by atoms with Crippen molar-refractivity contribution in [2.45, 2.75) is 12.8 Å². The van der Waals surface area contributed by atoms with E-state index in [4.69, 9.17) is 16.3 Å². The minimum Gasteiger partial charge on any atom is -0.439 e. The quantitative estimate of drug-likeness (QED) is 0.768. The molecule has 0 bridgehead atoms. The Kier molecular flexibility index (Phi) is 3.59. The smallest absolute Gasteiger partial charge is 0.219 e. The third-order valence-corrected chi connectivity index (χ3v) is 2.62. The molecule has 17 heavy (non-hydrogen) atoms. The van der Waals surface area contributed by atoms with Crippen LogP contribution in [-0.2, 0) is 5.88 Å². The Morgan fingerprint density at radius 2 is 2.12 bits per heavy atom. The van der Waals surface area contributed by atoms with E-state index in [2.05, 4.69) is 4.98 Å². The molecule has 0 aliphatic rings. The number of benzene rings is 1. The minimum atomic E-state index is -0.336. The summed E-state index contributed by atoms with van der Waals surface area (Å²) in [5.74, 6) is 0.938. The Hall–Kier alpha value is -1.61. The third-order valence-electron chi connectivity index (χ3n) is 2.33. The zero-order valence-electron chi connectivity index (χ0n) is 9.28. The lowest BCUT2D eigenvalue weighted by Crippen LogP contribution is -1.93. The Labute approximate surface area is 104 Å². The molecule has 0 unspecified atom stereocenters. The van der Waals surface area contributed by atoms with Crippen molar-refractivity contribution >= 4 is 11.6 Å². The number of hydrogen-bond acceptors (Lipinski definition) is 2. The van der Waals surface area contributed by atoms with Crippen molar-refractivity contribution in [1.82, 2.24) is 4.98 Å². The average molecular weight is 252 g/mol. The number of aromatic nitrogens is 1. The second-order valence-electron chi connectivity index (χ2n) is 3.59. The van der Waals surface area contributed by atoms with Crippen molar-refractivity contribution in [1.29, 1.82) is 0 Å². The third kappa shape index (κ3) is 2.94. The molecule has 0 spiro atoms. The maximum Gasteiger partial charge on any atom is 0.219 e. The first-order valence-electron chi connectivity index (χ1n) is 5.15. The summed E-state index contributed by atoms with van der Waals surface area (Å²) in [6.07, 6.45) is 0. The molecule has 0 saturated heterocycles. The van der Waals surface area contributed by atoms with Crippen LogP contribution in [0, 0.1) is 12.7 Å². The van der Waals surface area contributed by atoms with E-state index >= 15 is 0 Å². The molecular weight excluding hydrogens is 241 g/mol. The van der Waals surface area contributed by atoms with Crippen LogP contribution >= 0.6 is 11.6 Å². The number of aryl methyl sites for hydroxylation is 1. The van der Waals surface area contributed by atoms with Gasteiger partial charge in [-0.15, -0.1) is 11.6 Å². The van der Waals surface area contributed by atoms with Crippen LogP contribution in [0.5, 0.6) is 11.6 Å². The van der Waals surface area contributed by atoms with Gasteiger partial charge < -0.3 is 4.74 Å². The highest BCUT2D eigenvalue weighted by molar-refractivity contribution is 6.17. The van der Waals surface area contributed by atoms with Crippen LogP contribution < -0.4 is 4.74 Å². The zero-order chi connectivity index (χ0) is 12.3. The average Bonchev–Trinajstić information content (AvgIpc) is 2.29. The van der Waals surface area contributed by atoms with Gasteiger partial charge in [-0.3, -0.25) is 0 Å². The van der Waals surface area contributed by atoms with Gasteiger partial charge in [0.25, 0.3) is 0 Å². The number of pyridine rings is 1. The molecule has 1 aromatic carbocycles. The molecule has 2 aromatic rings. The van der Waals surface area contributed by atoms with Crippen molar-refractivity contribution in [3.63, 3.8) is 0 Å². The van der Waals surface area contributed by atoms with Gasteiger partial charge in [-0.1, -0.05) is 12.1 Å². The first kappa shape index (κ1) is 11.9. The minimum absolute atomic E-state index is 0.336. The number of halogens is 2. The van der Waals surface area contributed by atoms with Gasteiger partial charge in [0.2, 0.25) is 5.88 Å². The predicted octanol–water partition coefficient (Wildman–Crippen LogP) is 4.06. The number of hydrogen-bond donors (Lipinski definition) is 0. The molecule has 0 atom stereocenters. The van der Waals surface area contributed by atoms with Crippen LogP contribution in [0.4, 0.5) is 4.39 Å². The molecule has 2 rings (SSSR count). The summed E-state index contributed by atoms with van der Waals surface area (Å²) in [5.41, 5.74) is 1.77. The normalized spacial score (nSPS) is 10.3. The molecule has 1 aromatic heterocycles. The van der Waals surface area contributed by atoms with Crippen LogP contribution in [0.2, 0.25) is 0 Å². The Morgan fingerprint density at radius 3 is 2.76 bits per heavy atom. The van der Waals surface area contributed by atoms with Gasteiger partial charge in [0, 0.05) is 23.7 Å². The summed E-state index contributed by atoms with van der Waals surface area (Å²) in [6.45, 7) is 1.86. The van der Waals surface area contributed by atoms with Crippen LogP contribution in [0.3, 0.4) is 0 Å². The van der Waals surface area contributed by atoms with Gasteiger partial charge >= 0.3 is 0 Å². The summed E-state index contributed by atoms with van der Waals surface area (Å²) in [7, 11) is 0. The highest BCUT2D eigenvalue weighted by Gasteiger charge is 2.03. The second kappa shape index (κ2) is 5.15. The van der Waals surface area contributed by atoms with Gasteiger partial charge in [-0.2, -0.15) is 0 Å². The zero-order valence-corrected chi connectivity index (χ0v) is 10.0. The molecule has 88 valence electrons. The molecule has 2 nitrogen and oxygen atoms in total. The highest BCUT2D eigenvalue weighted by atomic mass is 35.5. The molecule has 0 fully saturated rings. The number of alkyl halides is 1. The first-order chi connectivity index (χ1) is 8.19. The molecular formula is C13H11ClFNO. The second-order valence-corrected chi connectivity index (χ2v) is 3.85. The van der Waals surface area contributed by atoms with E-state index in [1.165, 1.54) is 12.1 Å². The summed E-state index contributed by atoms with van der Waals surface area (Å²) in [5, 5.41) is 0. The van der Waals surface area contributed by atoms with Crippen LogP contribution in [0.25, 0.3) is 0 Å². The Bertz CT molecular complexity index is 531. The lowest BCUT2D eigenvalue weighted by Gasteiger charge is -2.07. The van der Waals surface area contributed by atoms with E-state index in [0.29, 0.717) is 17.5 Å². The topological polar surface area (TPSA) is 22.1 Å². The highest BCUT2D eigenvalue weighted by Crippen LogP contribution is 2.21. The van der Waals surface area contributed by atoms with Crippen LogP contribution in [-0.4, -0.2) is 4.98 Å². The van der Waals surface area contributed by atoms with E-state index in [0.717, 1.165) is 11.3 Å². The largest absolute Gasteiger partial charge is 0.439 e. The monoisotopic (exact) mass is 251 g/mol. The lowest BCUT2D eigenvalue weighted by atomic mass is 10.2. The van der Waals surface area contributed by atoms with E-state index in [1.54, 1.807) is 18.2 Å². The van der Waals surface area contributed by atoms with Crippen LogP contribution in [0.1, 0.15) is 11.3 Å². The molecule has 0 radical (unpaired) electrons. The standard InChI is InChI=1S/C13H11ClFNO/c1-9-10(8-14)5-6-13(16-9)17-12-4-2-3-11(15)7-12/h2-7H,8H2,1H3. The van der Waals surface area contributed by atoms with E-state index in [1.807, 2.05) is 13.0 Å². The Morgan fingerprint density at radius 1 is 1.29 bits per heavy atom. The molecule has 1 heterocycles.